The summed E-state index contributed by atoms with van der Waals surface area (Å²) in [7, 11) is -3.56. The number of nitrogens with zero attached hydrogens (tertiary/aromatic N) is 6. The first-order valence-electron chi connectivity index (χ1n) is 11.7. The maximum absolute atomic E-state index is 13.6. The Kier molecular flexibility index (Phi) is 7.83. The highest BCUT2D eigenvalue weighted by Gasteiger charge is 2.25. The van der Waals surface area contributed by atoms with Gasteiger partial charge in [-0.05, 0) is 30.3 Å². The van der Waals surface area contributed by atoms with Crippen LogP contribution in [0.3, 0.4) is 0 Å². The number of rotatable bonds is 8. The molecule has 39 heavy (non-hydrogen) atoms. The van der Waals surface area contributed by atoms with E-state index in [-0.39, 0.29) is 23.0 Å². The van der Waals surface area contributed by atoms with Crippen LogP contribution < -0.4 is 10.6 Å². The van der Waals surface area contributed by atoms with Gasteiger partial charge >= 0.3 is 0 Å². The van der Waals surface area contributed by atoms with Gasteiger partial charge in [-0.1, -0.05) is 28.4 Å². The fraction of sp³-hybridized carbons (Fsp3) is 0.250. The van der Waals surface area contributed by atoms with Crippen molar-refractivity contribution in [2.75, 3.05) is 36.9 Å². The van der Waals surface area contributed by atoms with Gasteiger partial charge in [0.25, 0.3) is 0 Å². The smallest absolute Gasteiger partial charge is 0.234 e. The number of hydrogen-bond donors (Lipinski definition) is 2. The Morgan fingerprint density at radius 2 is 1.90 bits per heavy atom. The fourth-order valence-electron chi connectivity index (χ4n) is 4.05. The van der Waals surface area contributed by atoms with E-state index >= 15 is 0 Å². The first-order valence-corrected chi connectivity index (χ1v) is 14.0. The molecule has 1 saturated heterocycles. The molecule has 0 atom stereocenters. The second-order valence-electron chi connectivity index (χ2n) is 8.62. The van der Waals surface area contributed by atoms with Gasteiger partial charge in [0.15, 0.2) is 5.88 Å². The van der Waals surface area contributed by atoms with E-state index < -0.39 is 15.8 Å². The summed E-state index contributed by atoms with van der Waals surface area (Å²) in [5.74, 6) is -0.889. The average Bonchev–Trinajstić information content (AvgIpc) is 3.37. The minimum Gasteiger partial charge on any atom is -0.379 e. The summed E-state index contributed by atoms with van der Waals surface area (Å²) >= 11 is 12.4. The molecule has 11 nitrogen and oxygen atoms in total. The van der Waals surface area contributed by atoms with Crippen molar-refractivity contribution in [2.24, 2.45) is 0 Å². The molecule has 0 saturated carbocycles. The third kappa shape index (κ3) is 6.05. The molecular formula is C24H21Cl2FN8O3S. The number of halogens is 3. The average molecular weight is 591 g/mol. The maximum atomic E-state index is 13.6. The number of ether oxygens (including phenoxy) is 1. The molecule has 2 N–H and O–H groups in total. The third-order valence-electron chi connectivity index (χ3n) is 5.95. The standard InChI is InChI=1S/C24H21Cl2FN8O3S/c25-20-8-16(1-2-22(20)27)31-23-15(10-28)11-30-24-19(23)7-17(9-21(24)26)29-12-18-13-34(33-32-18)14-39(36,37)35-3-5-38-6-4-35/h1-2,7-9,11,13,29H,3-6,12,14H2,(H,30,31). The first-order chi connectivity index (χ1) is 18.7. The molecule has 4 aromatic rings. The first kappa shape index (κ1) is 27.0. The molecular weight excluding hydrogens is 570 g/mol. The largest absolute Gasteiger partial charge is 0.379 e. The highest BCUT2D eigenvalue weighted by Crippen LogP contribution is 2.35. The van der Waals surface area contributed by atoms with Crippen LogP contribution in [0.15, 0.2) is 42.7 Å². The van der Waals surface area contributed by atoms with Crippen LogP contribution in [0.2, 0.25) is 10.0 Å². The van der Waals surface area contributed by atoms with Crippen molar-refractivity contribution in [3.05, 3.63) is 69.8 Å². The van der Waals surface area contributed by atoms with Gasteiger partial charge in [-0.25, -0.2) is 17.5 Å². The predicted molar refractivity (Wildman–Crippen MR) is 145 cm³/mol. The normalized spacial score (nSPS) is 14.3. The van der Waals surface area contributed by atoms with Gasteiger partial charge in [-0.2, -0.15) is 9.57 Å². The number of anilines is 3. The lowest BCUT2D eigenvalue weighted by molar-refractivity contribution is 0.0726. The number of aromatic nitrogens is 4. The van der Waals surface area contributed by atoms with Crippen LogP contribution in [0.25, 0.3) is 10.9 Å². The highest BCUT2D eigenvalue weighted by atomic mass is 35.5. The van der Waals surface area contributed by atoms with Crippen molar-refractivity contribution >= 4 is 61.2 Å². The maximum Gasteiger partial charge on any atom is 0.234 e. The van der Waals surface area contributed by atoms with Crippen LogP contribution in [-0.4, -0.2) is 59.0 Å². The summed E-state index contributed by atoms with van der Waals surface area (Å²) < 4.78 is 46.8. The molecule has 0 unspecified atom stereocenters. The lowest BCUT2D eigenvalue weighted by Gasteiger charge is -2.25. The van der Waals surface area contributed by atoms with Crippen molar-refractivity contribution in [1.82, 2.24) is 24.3 Å². The Bertz CT molecular complexity index is 1690. The van der Waals surface area contributed by atoms with E-state index in [0.29, 0.717) is 65.0 Å². The molecule has 15 heteroatoms. The number of pyridine rings is 1. The van der Waals surface area contributed by atoms with Gasteiger partial charge in [0.05, 0.1) is 52.8 Å². The zero-order chi connectivity index (χ0) is 27.6. The molecule has 0 aliphatic carbocycles. The molecule has 5 rings (SSSR count). The number of fused-ring (bicyclic) bond motifs is 1. The summed E-state index contributed by atoms with van der Waals surface area (Å²) in [6.07, 6.45) is 2.95. The minimum absolute atomic E-state index is 0.0666. The molecule has 3 heterocycles. The van der Waals surface area contributed by atoms with E-state index in [1.54, 1.807) is 18.3 Å². The Labute approximate surface area is 233 Å². The van der Waals surface area contributed by atoms with E-state index in [1.165, 1.54) is 33.4 Å². The summed E-state index contributed by atoms with van der Waals surface area (Å²) in [6, 6.07) is 9.67. The SMILES string of the molecule is N#Cc1cnc2c(Cl)cc(NCc3cn(CS(=O)(=O)N4CCOCC4)nn3)cc2c1Nc1ccc(F)c(Cl)c1. The topological polar surface area (TPSA) is 138 Å². The second kappa shape index (κ2) is 11.3. The van der Waals surface area contributed by atoms with Gasteiger partial charge < -0.3 is 15.4 Å². The van der Waals surface area contributed by atoms with E-state index in [0.717, 1.165) is 0 Å². The van der Waals surface area contributed by atoms with Gasteiger partial charge in [0, 0.05) is 36.0 Å². The molecule has 0 amide bonds. The number of nitrogens with one attached hydrogen (secondary N) is 2. The lowest BCUT2D eigenvalue weighted by atomic mass is 10.1. The van der Waals surface area contributed by atoms with Crippen LogP contribution in [-0.2, 0) is 27.2 Å². The molecule has 1 aliphatic rings. The fourth-order valence-corrected chi connectivity index (χ4v) is 5.83. The Morgan fingerprint density at radius 1 is 1.13 bits per heavy atom. The molecule has 0 radical (unpaired) electrons. The summed E-state index contributed by atoms with van der Waals surface area (Å²) in [5, 5.41) is 24.8. The molecule has 202 valence electrons. The van der Waals surface area contributed by atoms with Crippen LogP contribution in [0, 0.1) is 17.1 Å². The number of sulfonamides is 1. The highest BCUT2D eigenvalue weighted by molar-refractivity contribution is 7.88. The third-order valence-corrected chi connectivity index (χ3v) is 8.27. The molecule has 1 aliphatic heterocycles. The van der Waals surface area contributed by atoms with Crippen molar-refractivity contribution in [1.29, 1.82) is 5.26 Å². The van der Waals surface area contributed by atoms with Crippen molar-refractivity contribution < 1.29 is 17.5 Å². The van der Waals surface area contributed by atoms with Gasteiger partial charge in [-0.3, -0.25) is 4.98 Å². The van der Waals surface area contributed by atoms with Crippen LogP contribution in [0.5, 0.6) is 0 Å². The number of morpholine rings is 1. The summed E-state index contributed by atoms with van der Waals surface area (Å²) in [5.41, 5.74) is 2.71. The second-order valence-corrected chi connectivity index (χ2v) is 11.4. The summed E-state index contributed by atoms with van der Waals surface area (Å²) in [6.45, 7) is 1.56. The molecule has 2 aromatic heterocycles. The monoisotopic (exact) mass is 590 g/mol. The van der Waals surface area contributed by atoms with E-state index in [9.17, 15) is 18.1 Å². The molecule has 0 bridgehead atoms. The Hall–Kier alpha value is -3.54. The van der Waals surface area contributed by atoms with E-state index in [4.69, 9.17) is 27.9 Å². The number of nitriles is 1. The van der Waals surface area contributed by atoms with Gasteiger partial charge in [0.1, 0.15) is 17.6 Å². The Balaban J connectivity index is 1.36. The zero-order valence-corrected chi connectivity index (χ0v) is 22.6. The predicted octanol–water partition coefficient (Wildman–Crippen LogP) is 4.12. The van der Waals surface area contributed by atoms with Crippen molar-refractivity contribution in [3.8, 4) is 6.07 Å². The number of benzene rings is 2. The van der Waals surface area contributed by atoms with E-state index in [1.807, 2.05) is 0 Å². The van der Waals surface area contributed by atoms with Gasteiger partial charge in [-0.15, -0.1) is 5.10 Å². The zero-order valence-electron chi connectivity index (χ0n) is 20.2. The quantitative estimate of drug-likeness (QED) is 0.310. The minimum atomic E-state index is -3.56. The van der Waals surface area contributed by atoms with Gasteiger partial charge in [0.2, 0.25) is 10.0 Å². The molecule has 1 fully saturated rings. The molecule has 2 aromatic carbocycles. The van der Waals surface area contributed by atoms with E-state index in [2.05, 4.69) is 32.0 Å². The Morgan fingerprint density at radius 3 is 2.64 bits per heavy atom. The lowest BCUT2D eigenvalue weighted by Crippen LogP contribution is -2.42. The molecule has 0 spiro atoms. The van der Waals surface area contributed by atoms with Crippen LogP contribution in [0.1, 0.15) is 11.3 Å². The van der Waals surface area contributed by atoms with Crippen molar-refractivity contribution in [3.63, 3.8) is 0 Å². The number of hydrogen-bond acceptors (Lipinski definition) is 9. The van der Waals surface area contributed by atoms with Crippen LogP contribution in [0.4, 0.5) is 21.5 Å². The van der Waals surface area contributed by atoms with Crippen molar-refractivity contribution in [2.45, 2.75) is 12.4 Å². The summed E-state index contributed by atoms with van der Waals surface area (Å²) in [4.78, 5) is 4.32. The van der Waals surface area contributed by atoms with Crippen LogP contribution >= 0.6 is 23.2 Å².